The quantitative estimate of drug-likeness (QED) is 0.776. The van der Waals surface area contributed by atoms with Crippen molar-refractivity contribution < 1.29 is 0 Å². The van der Waals surface area contributed by atoms with Crippen LogP contribution >= 0.6 is 23.2 Å². The van der Waals surface area contributed by atoms with Crippen LogP contribution in [0.3, 0.4) is 0 Å². The number of hydrogen-bond donors (Lipinski definition) is 0. The number of piperidine rings is 1. The van der Waals surface area contributed by atoms with Gasteiger partial charge < -0.3 is 9.47 Å². The van der Waals surface area contributed by atoms with Gasteiger partial charge in [0.25, 0.3) is 0 Å². The predicted molar refractivity (Wildman–Crippen MR) is 89.3 cm³/mol. The van der Waals surface area contributed by atoms with E-state index in [2.05, 4.69) is 22.6 Å². The molecule has 2 heterocycles. The number of hydrogen-bond acceptors (Lipinski definition) is 2. The fourth-order valence-corrected chi connectivity index (χ4v) is 3.54. The van der Waals surface area contributed by atoms with Crippen molar-refractivity contribution in [2.45, 2.75) is 44.1 Å². The monoisotopic (exact) mass is 325 g/mol. The maximum atomic E-state index is 6.34. The van der Waals surface area contributed by atoms with Crippen LogP contribution in [-0.4, -0.2) is 34.1 Å². The summed E-state index contributed by atoms with van der Waals surface area (Å²) < 4.78 is 2.27. The number of nitrogens with zero attached hydrogens (tertiary/aromatic N) is 3. The van der Waals surface area contributed by atoms with Crippen LogP contribution in [0.15, 0.2) is 18.2 Å². The zero-order valence-electron chi connectivity index (χ0n) is 12.5. The summed E-state index contributed by atoms with van der Waals surface area (Å²) in [6, 6.07) is 6.45. The lowest BCUT2D eigenvalue weighted by atomic mass is 10.0. The minimum atomic E-state index is -0.106. The van der Waals surface area contributed by atoms with E-state index in [1.165, 1.54) is 25.8 Å². The second-order valence-electron chi connectivity index (χ2n) is 5.96. The molecule has 0 aliphatic carbocycles. The third-order valence-electron chi connectivity index (χ3n) is 4.41. The van der Waals surface area contributed by atoms with Gasteiger partial charge in [-0.3, -0.25) is 0 Å². The number of benzene rings is 1. The molecule has 1 fully saturated rings. The minimum absolute atomic E-state index is 0.106. The number of likely N-dealkylation sites (tertiary alicyclic amines) is 1. The summed E-state index contributed by atoms with van der Waals surface area (Å²) in [4.78, 5) is 7.14. The third kappa shape index (κ3) is 3.05. The Morgan fingerprint density at radius 2 is 2.19 bits per heavy atom. The van der Waals surface area contributed by atoms with Crippen molar-refractivity contribution >= 4 is 34.2 Å². The molecule has 3 nitrogen and oxygen atoms in total. The molecule has 1 aromatic heterocycles. The first-order chi connectivity index (χ1) is 10.1. The Labute approximate surface area is 135 Å². The molecular formula is C16H21Cl2N3. The Bertz CT molecular complexity index is 636. The van der Waals surface area contributed by atoms with Gasteiger partial charge in [-0.2, -0.15) is 0 Å². The zero-order valence-corrected chi connectivity index (χ0v) is 14.0. The molecule has 5 heteroatoms. The van der Waals surface area contributed by atoms with E-state index in [4.69, 9.17) is 28.2 Å². The highest BCUT2D eigenvalue weighted by Crippen LogP contribution is 2.28. The van der Waals surface area contributed by atoms with Gasteiger partial charge in [0, 0.05) is 17.6 Å². The van der Waals surface area contributed by atoms with Gasteiger partial charge in [-0.05, 0) is 51.6 Å². The van der Waals surface area contributed by atoms with E-state index in [-0.39, 0.29) is 5.38 Å². The molecule has 0 bridgehead atoms. The molecule has 1 aliphatic rings. The maximum Gasteiger partial charge on any atom is 0.127 e. The SMILES string of the molecule is CC(Cl)c1nc2cc(Cl)ccc2n1CC1CCCCN1C. The first-order valence-corrected chi connectivity index (χ1v) is 8.37. The van der Waals surface area contributed by atoms with Crippen LogP contribution in [0.4, 0.5) is 0 Å². The molecule has 0 N–H and O–H groups in total. The van der Waals surface area contributed by atoms with E-state index >= 15 is 0 Å². The summed E-state index contributed by atoms with van der Waals surface area (Å²) in [5.41, 5.74) is 2.06. The number of alkyl halides is 1. The normalized spacial score (nSPS) is 21.8. The number of fused-ring (bicyclic) bond motifs is 1. The molecule has 1 aromatic carbocycles. The van der Waals surface area contributed by atoms with Crippen LogP contribution < -0.4 is 0 Å². The first-order valence-electron chi connectivity index (χ1n) is 7.56. The number of imidazole rings is 1. The Kier molecular flexibility index (Phi) is 4.43. The smallest absolute Gasteiger partial charge is 0.127 e. The van der Waals surface area contributed by atoms with E-state index in [1.807, 2.05) is 19.1 Å². The first kappa shape index (κ1) is 15.1. The molecule has 0 amide bonds. The van der Waals surface area contributed by atoms with Gasteiger partial charge in [0.15, 0.2) is 0 Å². The third-order valence-corrected chi connectivity index (χ3v) is 4.84. The van der Waals surface area contributed by atoms with Crippen molar-refractivity contribution in [1.29, 1.82) is 0 Å². The molecule has 2 aromatic rings. The summed E-state index contributed by atoms with van der Waals surface area (Å²) in [6.45, 7) is 4.10. The van der Waals surface area contributed by atoms with Gasteiger partial charge >= 0.3 is 0 Å². The van der Waals surface area contributed by atoms with Crippen LogP contribution in [0.25, 0.3) is 11.0 Å². The van der Waals surface area contributed by atoms with E-state index in [0.717, 1.165) is 28.4 Å². The van der Waals surface area contributed by atoms with E-state index in [9.17, 15) is 0 Å². The van der Waals surface area contributed by atoms with Crippen LogP contribution in [0.5, 0.6) is 0 Å². The van der Waals surface area contributed by atoms with Crippen molar-refractivity contribution in [1.82, 2.24) is 14.5 Å². The summed E-state index contributed by atoms with van der Waals surface area (Å²) in [5, 5.41) is 0.612. The summed E-state index contributed by atoms with van der Waals surface area (Å²) >= 11 is 12.4. The van der Waals surface area contributed by atoms with Crippen molar-refractivity contribution in [3.63, 3.8) is 0 Å². The summed E-state index contributed by atoms with van der Waals surface area (Å²) in [6.07, 6.45) is 3.84. The van der Waals surface area contributed by atoms with Crippen LogP contribution in [0.1, 0.15) is 37.4 Å². The standard InChI is InChI=1S/C16H21Cl2N3/c1-11(17)16-19-14-9-12(18)6-7-15(14)21(16)10-13-5-3-4-8-20(13)2/h6-7,9,11,13H,3-5,8,10H2,1-2H3. The van der Waals surface area contributed by atoms with Gasteiger partial charge in [-0.1, -0.05) is 18.0 Å². The summed E-state index contributed by atoms with van der Waals surface area (Å²) in [7, 11) is 2.21. The molecular weight excluding hydrogens is 305 g/mol. The number of halogens is 2. The van der Waals surface area contributed by atoms with Gasteiger partial charge in [0.2, 0.25) is 0 Å². The van der Waals surface area contributed by atoms with Crippen molar-refractivity contribution in [2.75, 3.05) is 13.6 Å². The Balaban J connectivity index is 2.00. The molecule has 0 radical (unpaired) electrons. The van der Waals surface area contributed by atoms with Gasteiger partial charge in [0.05, 0.1) is 16.4 Å². The molecule has 114 valence electrons. The highest BCUT2D eigenvalue weighted by atomic mass is 35.5. The van der Waals surface area contributed by atoms with Gasteiger partial charge in [-0.15, -0.1) is 11.6 Å². The molecule has 0 saturated carbocycles. The molecule has 0 spiro atoms. The number of likely N-dealkylation sites (N-methyl/N-ethyl adjacent to an activating group) is 1. The maximum absolute atomic E-state index is 6.34. The molecule has 2 unspecified atom stereocenters. The second-order valence-corrected chi connectivity index (χ2v) is 7.05. The average molecular weight is 326 g/mol. The number of aromatic nitrogens is 2. The van der Waals surface area contributed by atoms with Crippen molar-refractivity contribution in [3.8, 4) is 0 Å². The fourth-order valence-electron chi connectivity index (χ4n) is 3.20. The lowest BCUT2D eigenvalue weighted by Crippen LogP contribution is -2.39. The summed E-state index contributed by atoms with van der Waals surface area (Å²) in [5.74, 6) is 0.938. The highest BCUT2D eigenvalue weighted by molar-refractivity contribution is 6.31. The molecule has 3 rings (SSSR count). The molecule has 1 saturated heterocycles. The second kappa shape index (κ2) is 6.15. The Hall–Kier alpha value is -0.770. The van der Waals surface area contributed by atoms with Crippen LogP contribution in [0.2, 0.25) is 5.02 Å². The topological polar surface area (TPSA) is 21.1 Å². The highest BCUT2D eigenvalue weighted by Gasteiger charge is 2.23. The van der Waals surface area contributed by atoms with Crippen LogP contribution in [0, 0.1) is 0 Å². The lowest BCUT2D eigenvalue weighted by molar-refractivity contribution is 0.167. The molecule has 1 aliphatic heterocycles. The molecule has 2 atom stereocenters. The Morgan fingerprint density at radius 3 is 2.90 bits per heavy atom. The molecule has 21 heavy (non-hydrogen) atoms. The minimum Gasteiger partial charge on any atom is -0.325 e. The van der Waals surface area contributed by atoms with Gasteiger partial charge in [-0.25, -0.2) is 4.98 Å². The Morgan fingerprint density at radius 1 is 1.38 bits per heavy atom. The van der Waals surface area contributed by atoms with E-state index in [1.54, 1.807) is 0 Å². The lowest BCUT2D eigenvalue weighted by Gasteiger charge is -2.33. The van der Waals surface area contributed by atoms with E-state index < -0.39 is 0 Å². The largest absolute Gasteiger partial charge is 0.325 e. The fraction of sp³-hybridized carbons (Fsp3) is 0.562. The predicted octanol–water partition coefficient (Wildman–Crippen LogP) is 4.47. The van der Waals surface area contributed by atoms with Crippen molar-refractivity contribution in [2.24, 2.45) is 0 Å². The van der Waals surface area contributed by atoms with Crippen LogP contribution in [-0.2, 0) is 6.54 Å². The van der Waals surface area contributed by atoms with Gasteiger partial charge in [0.1, 0.15) is 5.82 Å². The van der Waals surface area contributed by atoms with Crippen molar-refractivity contribution in [3.05, 3.63) is 29.0 Å². The number of rotatable bonds is 3. The zero-order chi connectivity index (χ0) is 15.0. The average Bonchev–Trinajstić information content (AvgIpc) is 2.79. The van der Waals surface area contributed by atoms with E-state index in [0.29, 0.717) is 6.04 Å².